The summed E-state index contributed by atoms with van der Waals surface area (Å²) >= 11 is 1.25. The molecule has 7 nitrogen and oxygen atoms in total. The zero-order valence-corrected chi connectivity index (χ0v) is 23.8. The van der Waals surface area contributed by atoms with Crippen molar-refractivity contribution in [2.75, 3.05) is 26.1 Å². The molecule has 39 heavy (non-hydrogen) atoms. The van der Waals surface area contributed by atoms with E-state index < -0.39 is 29.2 Å². The van der Waals surface area contributed by atoms with Gasteiger partial charge in [0.2, 0.25) is 0 Å². The lowest BCUT2D eigenvalue weighted by Gasteiger charge is -2.15. The molecule has 3 aromatic rings. The molecule has 2 unspecified atom stereocenters. The van der Waals surface area contributed by atoms with Crippen LogP contribution in [0.2, 0.25) is 0 Å². The lowest BCUT2D eigenvalue weighted by Crippen LogP contribution is -2.17. The van der Waals surface area contributed by atoms with Crippen LogP contribution in [0.3, 0.4) is 0 Å². The highest BCUT2D eigenvalue weighted by molar-refractivity contribution is 7.19. The quantitative estimate of drug-likeness (QED) is 0.260. The molecule has 0 saturated heterocycles. The number of rotatable bonds is 10. The van der Waals surface area contributed by atoms with Gasteiger partial charge < -0.3 is 19.9 Å². The summed E-state index contributed by atoms with van der Waals surface area (Å²) < 4.78 is 49.4. The van der Waals surface area contributed by atoms with Crippen LogP contribution in [0.5, 0.6) is 5.75 Å². The predicted molar refractivity (Wildman–Crippen MR) is 147 cm³/mol. The van der Waals surface area contributed by atoms with Crippen molar-refractivity contribution in [1.82, 2.24) is 4.98 Å². The highest BCUT2D eigenvalue weighted by Gasteiger charge is 2.32. The molecule has 3 rings (SSSR count). The van der Waals surface area contributed by atoms with E-state index in [9.17, 15) is 27.9 Å². The third kappa shape index (κ3) is 8.93. The van der Waals surface area contributed by atoms with Crippen molar-refractivity contribution in [2.24, 2.45) is 11.8 Å². The smallest absolute Gasteiger partial charge is 0.416 e. The summed E-state index contributed by atoms with van der Waals surface area (Å²) in [5.41, 5.74) is -1.37. The third-order valence-corrected chi connectivity index (χ3v) is 6.94. The van der Waals surface area contributed by atoms with Gasteiger partial charge in [0.1, 0.15) is 11.3 Å². The number of anilines is 1. The second kappa shape index (κ2) is 14.3. The number of aromatic carboxylic acids is 1. The van der Waals surface area contributed by atoms with E-state index in [1.165, 1.54) is 37.7 Å². The summed E-state index contributed by atoms with van der Waals surface area (Å²) in [7, 11) is 3.15. The minimum atomic E-state index is -4.71. The number of fused-ring (bicyclic) bond motifs is 1. The van der Waals surface area contributed by atoms with Gasteiger partial charge in [-0.05, 0) is 55.5 Å². The molecule has 2 aromatic carbocycles. The van der Waals surface area contributed by atoms with Gasteiger partial charge in [0.25, 0.3) is 5.91 Å². The van der Waals surface area contributed by atoms with Gasteiger partial charge in [-0.15, -0.1) is 11.3 Å². The fourth-order valence-corrected chi connectivity index (χ4v) is 5.26. The molecular formula is C28H35F3N2O5S. The highest BCUT2D eigenvalue weighted by atomic mass is 32.1. The molecule has 2 N–H and O–H groups in total. The average Bonchev–Trinajstić information content (AvgIpc) is 3.23. The number of nitrogens with zero attached hydrogens (tertiary/aromatic N) is 1. The van der Waals surface area contributed by atoms with Crippen LogP contribution in [0, 0.1) is 18.8 Å². The summed E-state index contributed by atoms with van der Waals surface area (Å²) in [5.74, 6) is -0.488. The summed E-state index contributed by atoms with van der Waals surface area (Å²) in [4.78, 5) is 28.5. The Balaban J connectivity index is 0.000000411. The Hall–Kier alpha value is -3.18. The van der Waals surface area contributed by atoms with Crippen LogP contribution < -0.4 is 10.1 Å². The third-order valence-electron chi connectivity index (χ3n) is 5.94. The normalized spacial score (nSPS) is 12.8. The molecule has 1 heterocycles. The molecule has 0 saturated carbocycles. The number of ether oxygens (including phenoxy) is 2. The van der Waals surface area contributed by atoms with Gasteiger partial charge in [-0.25, -0.2) is 9.78 Å². The van der Waals surface area contributed by atoms with Crippen LogP contribution in [0.25, 0.3) is 10.2 Å². The summed E-state index contributed by atoms with van der Waals surface area (Å²) in [5, 5.41) is 12.3. The first-order valence-corrected chi connectivity index (χ1v) is 13.3. The molecule has 1 amide bonds. The molecule has 214 valence electrons. The lowest BCUT2D eigenvalue weighted by atomic mass is 9.94. The van der Waals surface area contributed by atoms with Crippen molar-refractivity contribution < 1.29 is 37.3 Å². The molecule has 0 bridgehead atoms. The van der Waals surface area contributed by atoms with Crippen LogP contribution in [0.4, 0.5) is 18.9 Å². The van der Waals surface area contributed by atoms with E-state index in [0.29, 0.717) is 27.4 Å². The first kappa shape index (κ1) is 32.0. The molecule has 0 aliphatic carbocycles. The van der Waals surface area contributed by atoms with E-state index >= 15 is 0 Å². The van der Waals surface area contributed by atoms with Gasteiger partial charge in [0.15, 0.2) is 0 Å². The lowest BCUT2D eigenvalue weighted by molar-refractivity contribution is -0.137. The molecule has 0 fully saturated rings. The highest BCUT2D eigenvalue weighted by Crippen LogP contribution is 2.35. The van der Waals surface area contributed by atoms with Crippen LogP contribution in [-0.2, 0) is 10.9 Å². The number of nitrogens with one attached hydrogen (secondary N) is 1. The standard InChI is InChI=1S/C18H13F3N2O4S.C10H22O/c1-8-22-12-5-6-13(27-2)14(15(12)28-8)16(24)23-11-4-3-9(18(19,20)21)7-10(11)17(25)26;1-5-6-9(2)7-10(3)8-11-4/h3-7H,1-2H3,(H,23,24)(H,25,26);9-10H,5-8H2,1-4H3. The zero-order valence-electron chi connectivity index (χ0n) is 22.9. The fourth-order valence-electron chi connectivity index (χ4n) is 4.31. The topological polar surface area (TPSA) is 97.8 Å². The number of carboxylic acids is 1. The Morgan fingerprint density at radius 3 is 2.38 bits per heavy atom. The van der Waals surface area contributed by atoms with E-state index in [4.69, 9.17) is 9.47 Å². The van der Waals surface area contributed by atoms with Crippen molar-refractivity contribution in [3.63, 3.8) is 0 Å². The first-order valence-electron chi connectivity index (χ1n) is 12.5. The summed E-state index contributed by atoms with van der Waals surface area (Å²) in [6.45, 7) is 9.51. The molecule has 0 radical (unpaired) electrons. The molecular weight excluding hydrogens is 533 g/mol. The van der Waals surface area contributed by atoms with Gasteiger partial charge in [-0.2, -0.15) is 13.2 Å². The van der Waals surface area contributed by atoms with Gasteiger partial charge in [0, 0.05) is 13.7 Å². The van der Waals surface area contributed by atoms with Crippen molar-refractivity contribution in [2.45, 2.75) is 53.1 Å². The molecule has 0 aliphatic rings. The molecule has 11 heteroatoms. The Labute approximate surface area is 230 Å². The number of aryl methyl sites for hydroxylation is 1. The second-order valence-corrected chi connectivity index (χ2v) is 10.6. The SMILES string of the molecule is CCCC(C)CC(C)COC.COc1ccc2nc(C)sc2c1C(=O)Nc1ccc(C(F)(F)F)cc1C(=O)O. The first-order chi connectivity index (χ1) is 18.3. The molecule has 1 aromatic heterocycles. The number of amides is 1. The van der Waals surface area contributed by atoms with E-state index in [1.807, 2.05) is 0 Å². The second-order valence-electron chi connectivity index (χ2n) is 9.43. The predicted octanol–water partition coefficient (Wildman–Crippen LogP) is 7.68. The Bertz CT molecular complexity index is 1270. The number of carboxylic acid groups (broad SMARTS) is 1. The number of methoxy groups -OCH3 is 2. The number of carbonyl (C=O) groups is 2. The number of alkyl halides is 3. The van der Waals surface area contributed by atoms with Crippen molar-refractivity contribution in [3.05, 3.63) is 52.0 Å². The largest absolute Gasteiger partial charge is 0.496 e. The number of hydrogen-bond acceptors (Lipinski definition) is 6. The van der Waals surface area contributed by atoms with Gasteiger partial charge >= 0.3 is 12.1 Å². The van der Waals surface area contributed by atoms with Crippen molar-refractivity contribution in [1.29, 1.82) is 0 Å². The van der Waals surface area contributed by atoms with Gasteiger partial charge in [0.05, 0.1) is 39.1 Å². The summed E-state index contributed by atoms with van der Waals surface area (Å²) in [6.07, 6.45) is -0.738. The molecule has 0 aliphatic heterocycles. The van der Waals surface area contributed by atoms with Crippen molar-refractivity contribution in [3.8, 4) is 5.75 Å². The molecule has 2 atom stereocenters. The Morgan fingerprint density at radius 1 is 1.13 bits per heavy atom. The van der Waals surface area contributed by atoms with Crippen molar-refractivity contribution >= 4 is 39.1 Å². The van der Waals surface area contributed by atoms with Gasteiger partial charge in [-0.3, -0.25) is 4.79 Å². The number of aromatic nitrogens is 1. The van der Waals surface area contributed by atoms with E-state index in [0.717, 1.165) is 24.5 Å². The molecule has 0 spiro atoms. The van der Waals surface area contributed by atoms with Gasteiger partial charge in [-0.1, -0.05) is 33.6 Å². The average molecular weight is 569 g/mol. The van der Waals surface area contributed by atoms with Crippen LogP contribution >= 0.6 is 11.3 Å². The van der Waals surface area contributed by atoms with Crippen LogP contribution in [0.1, 0.15) is 71.3 Å². The maximum absolute atomic E-state index is 12.9. The maximum atomic E-state index is 12.9. The van der Waals surface area contributed by atoms with E-state index in [2.05, 4.69) is 31.1 Å². The van der Waals surface area contributed by atoms with E-state index in [1.54, 1.807) is 26.2 Å². The monoisotopic (exact) mass is 568 g/mol. The van der Waals surface area contributed by atoms with E-state index in [-0.39, 0.29) is 17.0 Å². The maximum Gasteiger partial charge on any atom is 0.416 e. The number of halogens is 3. The summed E-state index contributed by atoms with van der Waals surface area (Å²) in [6, 6.07) is 5.31. The Kier molecular flexibility index (Phi) is 11.7. The van der Waals surface area contributed by atoms with Crippen LogP contribution in [0.15, 0.2) is 30.3 Å². The minimum Gasteiger partial charge on any atom is -0.496 e. The fraction of sp³-hybridized carbons (Fsp3) is 0.464. The zero-order chi connectivity index (χ0) is 29.3. The number of thiazole rings is 1. The van der Waals surface area contributed by atoms with Crippen LogP contribution in [-0.4, -0.2) is 42.8 Å². The number of hydrogen-bond donors (Lipinski definition) is 2. The number of carbonyl (C=O) groups excluding carboxylic acids is 1. The number of benzene rings is 2. The Morgan fingerprint density at radius 2 is 1.82 bits per heavy atom. The minimum absolute atomic E-state index is 0.127.